The van der Waals surface area contributed by atoms with Crippen molar-refractivity contribution in [3.05, 3.63) is 74.2 Å². The predicted molar refractivity (Wildman–Crippen MR) is 81.7 cm³/mol. The summed E-state index contributed by atoms with van der Waals surface area (Å²) in [6.45, 7) is 0.335. The van der Waals surface area contributed by atoms with Gasteiger partial charge in [-0.05, 0) is 33.1 Å². The highest BCUT2D eigenvalue weighted by Gasteiger charge is 2.39. The summed E-state index contributed by atoms with van der Waals surface area (Å²) in [5, 5.41) is 14.6. The van der Waals surface area contributed by atoms with Gasteiger partial charge in [0.15, 0.2) is 0 Å². The number of hydrogen-bond donors (Lipinski definition) is 1. The number of nitrogens with zero attached hydrogens (tertiary/aromatic N) is 1. The number of nitrogens with one attached hydrogen (secondary N) is 1. The molecule has 2 atom stereocenters. The average molecular weight is 333 g/mol. The van der Waals surface area contributed by atoms with E-state index in [9.17, 15) is 10.1 Å². The van der Waals surface area contributed by atoms with Gasteiger partial charge in [0.1, 0.15) is 0 Å². The molecule has 0 saturated carbocycles. The van der Waals surface area contributed by atoms with Gasteiger partial charge in [0.05, 0.1) is 18.2 Å². The summed E-state index contributed by atoms with van der Waals surface area (Å²) < 4.78 is 0.942. The first-order valence-corrected chi connectivity index (χ1v) is 7.18. The molecule has 102 valence electrons. The van der Waals surface area contributed by atoms with E-state index in [-0.39, 0.29) is 10.8 Å². The Bertz CT molecular complexity index is 646. The Kier molecular flexibility index (Phi) is 3.44. The maximum atomic E-state index is 11.4. The predicted octanol–water partition coefficient (Wildman–Crippen LogP) is 3.65. The highest BCUT2D eigenvalue weighted by molar-refractivity contribution is 9.10. The molecule has 1 aliphatic heterocycles. The minimum Gasteiger partial charge on any atom is -0.377 e. The summed E-state index contributed by atoms with van der Waals surface area (Å²) in [4.78, 5) is 11.2. The molecule has 0 unspecified atom stereocenters. The molecule has 0 saturated heterocycles. The van der Waals surface area contributed by atoms with E-state index in [1.54, 1.807) is 0 Å². The van der Waals surface area contributed by atoms with Crippen molar-refractivity contribution < 1.29 is 4.92 Å². The van der Waals surface area contributed by atoms with Gasteiger partial charge in [0, 0.05) is 9.40 Å². The number of halogens is 1. The largest absolute Gasteiger partial charge is 0.377 e. The van der Waals surface area contributed by atoms with Crippen LogP contribution >= 0.6 is 15.9 Å². The van der Waals surface area contributed by atoms with Gasteiger partial charge in [-0.1, -0.05) is 42.5 Å². The summed E-state index contributed by atoms with van der Waals surface area (Å²) in [5.41, 5.74) is 2.91. The Hall–Kier alpha value is -1.88. The van der Waals surface area contributed by atoms with Crippen molar-refractivity contribution in [3.8, 4) is 0 Å². The molecule has 0 aromatic heterocycles. The molecule has 0 amide bonds. The van der Waals surface area contributed by atoms with Crippen LogP contribution in [0.1, 0.15) is 17.0 Å². The van der Waals surface area contributed by atoms with E-state index >= 15 is 0 Å². The Morgan fingerprint density at radius 2 is 1.90 bits per heavy atom. The number of anilines is 1. The number of para-hydroxylation sites is 1. The number of benzene rings is 2. The van der Waals surface area contributed by atoms with Crippen molar-refractivity contribution in [2.45, 2.75) is 12.0 Å². The molecular weight excluding hydrogens is 320 g/mol. The highest BCUT2D eigenvalue weighted by Crippen LogP contribution is 2.40. The second-order valence-corrected chi connectivity index (χ2v) is 5.68. The summed E-state index contributed by atoms with van der Waals surface area (Å²) in [6, 6.07) is 14.9. The van der Waals surface area contributed by atoms with Crippen LogP contribution in [0.15, 0.2) is 53.0 Å². The normalized spacial score (nSPS) is 20.9. The zero-order valence-corrected chi connectivity index (χ0v) is 12.2. The Morgan fingerprint density at radius 3 is 2.60 bits per heavy atom. The lowest BCUT2D eigenvalue weighted by Crippen LogP contribution is -2.39. The van der Waals surface area contributed by atoms with Crippen LogP contribution in [0.25, 0.3) is 0 Å². The van der Waals surface area contributed by atoms with Crippen LogP contribution in [0.4, 0.5) is 5.69 Å². The molecule has 5 heteroatoms. The molecule has 20 heavy (non-hydrogen) atoms. The van der Waals surface area contributed by atoms with Gasteiger partial charge < -0.3 is 5.32 Å². The summed E-state index contributed by atoms with van der Waals surface area (Å²) in [6.07, 6.45) is 0. The number of hydrogen-bond acceptors (Lipinski definition) is 3. The van der Waals surface area contributed by atoms with Gasteiger partial charge in [-0.2, -0.15) is 0 Å². The number of fused-ring (bicyclic) bond motifs is 1. The minimum atomic E-state index is -0.654. The third-order valence-corrected chi connectivity index (χ3v) is 4.34. The topological polar surface area (TPSA) is 55.2 Å². The van der Waals surface area contributed by atoms with Crippen LogP contribution in [0, 0.1) is 10.1 Å². The van der Waals surface area contributed by atoms with Crippen LogP contribution in [0.2, 0.25) is 0 Å². The standard InChI is InChI=1S/C15H13BrN2O2/c16-12-8-4-7-11-14(10-5-2-1-3-6-10)13(18(19)20)9-17-15(11)12/h1-8,13-14,17H,9H2/t13-,14-/m1/s1. The lowest BCUT2D eigenvalue weighted by Gasteiger charge is -2.30. The second-order valence-electron chi connectivity index (χ2n) is 4.83. The fraction of sp³-hybridized carbons (Fsp3) is 0.200. The highest BCUT2D eigenvalue weighted by atomic mass is 79.9. The monoisotopic (exact) mass is 332 g/mol. The van der Waals surface area contributed by atoms with Gasteiger partial charge in [-0.3, -0.25) is 10.1 Å². The lowest BCUT2D eigenvalue weighted by atomic mass is 9.82. The molecule has 4 nitrogen and oxygen atoms in total. The van der Waals surface area contributed by atoms with Crippen molar-refractivity contribution in [1.82, 2.24) is 0 Å². The average Bonchev–Trinajstić information content (AvgIpc) is 2.47. The summed E-state index contributed by atoms with van der Waals surface area (Å²) in [5.74, 6) is -0.222. The first-order chi connectivity index (χ1) is 9.68. The van der Waals surface area contributed by atoms with Crippen molar-refractivity contribution >= 4 is 21.6 Å². The van der Waals surface area contributed by atoms with E-state index in [4.69, 9.17) is 0 Å². The van der Waals surface area contributed by atoms with E-state index in [0.29, 0.717) is 6.54 Å². The molecule has 0 radical (unpaired) electrons. The van der Waals surface area contributed by atoms with E-state index in [0.717, 1.165) is 21.3 Å². The quantitative estimate of drug-likeness (QED) is 0.674. The van der Waals surface area contributed by atoms with Crippen molar-refractivity contribution in [2.75, 3.05) is 11.9 Å². The smallest absolute Gasteiger partial charge is 0.240 e. The van der Waals surface area contributed by atoms with Crippen molar-refractivity contribution in [1.29, 1.82) is 0 Å². The van der Waals surface area contributed by atoms with Crippen LogP contribution in [-0.2, 0) is 0 Å². The van der Waals surface area contributed by atoms with E-state index in [1.165, 1.54) is 0 Å². The van der Waals surface area contributed by atoms with Gasteiger partial charge in [-0.25, -0.2) is 0 Å². The van der Waals surface area contributed by atoms with E-state index in [2.05, 4.69) is 21.2 Å². The number of nitro groups is 1. The first-order valence-electron chi connectivity index (χ1n) is 6.39. The van der Waals surface area contributed by atoms with Gasteiger partial charge >= 0.3 is 0 Å². The molecule has 1 N–H and O–H groups in total. The Balaban J connectivity index is 2.16. The fourth-order valence-electron chi connectivity index (χ4n) is 2.78. The Labute approximate surface area is 125 Å². The molecular formula is C15H13BrN2O2. The molecule has 0 bridgehead atoms. The number of rotatable bonds is 2. The maximum absolute atomic E-state index is 11.4. The molecule has 1 aliphatic rings. The second kappa shape index (κ2) is 5.25. The van der Waals surface area contributed by atoms with Gasteiger partial charge in [0.2, 0.25) is 6.04 Å². The molecule has 0 fully saturated rings. The van der Waals surface area contributed by atoms with Crippen LogP contribution in [0.5, 0.6) is 0 Å². The molecule has 2 aromatic carbocycles. The molecule has 1 heterocycles. The molecule has 0 aliphatic carbocycles. The third-order valence-electron chi connectivity index (χ3n) is 3.68. The molecule has 2 aromatic rings. The molecule has 0 spiro atoms. The zero-order valence-electron chi connectivity index (χ0n) is 10.6. The van der Waals surface area contributed by atoms with Gasteiger partial charge in [-0.15, -0.1) is 0 Å². The van der Waals surface area contributed by atoms with Crippen LogP contribution in [0.3, 0.4) is 0 Å². The van der Waals surface area contributed by atoms with Gasteiger partial charge in [0.25, 0.3) is 0 Å². The molecule has 3 rings (SSSR count). The zero-order chi connectivity index (χ0) is 14.1. The maximum Gasteiger partial charge on any atom is 0.240 e. The van der Waals surface area contributed by atoms with Crippen LogP contribution < -0.4 is 5.32 Å². The minimum absolute atomic E-state index is 0.186. The van der Waals surface area contributed by atoms with Crippen molar-refractivity contribution in [2.24, 2.45) is 0 Å². The van der Waals surface area contributed by atoms with Crippen LogP contribution in [-0.4, -0.2) is 17.5 Å². The third kappa shape index (κ3) is 2.18. The lowest BCUT2D eigenvalue weighted by molar-refractivity contribution is -0.521. The SMILES string of the molecule is O=[N+]([O-])[C@@H]1CNc2c(Br)cccc2[C@H]1c1ccccc1. The van der Waals surface area contributed by atoms with E-state index < -0.39 is 6.04 Å². The van der Waals surface area contributed by atoms with E-state index in [1.807, 2.05) is 48.5 Å². The van der Waals surface area contributed by atoms with Crippen molar-refractivity contribution in [3.63, 3.8) is 0 Å². The Morgan fingerprint density at radius 1 is 1.15 bits per heavy atom. The summed E-state index contributed by atoms with van der Waals surface area (Å²) >= 11 is 3.51. The first kappa shape index (κ1) is 13.1. The summed E-state index contributed by atoms with van der Waals surface area (Å²) in [7, 11) is 0. The fourth-order valence-corrected chi connectivity index (χ4v) is 3.30.